The molecular weight excluding hydrogens is 270 g/mol. The Morgan fingerprint density at radius 3 is 1.90 bits per heavy atom. The van der Waals surface area contributed by atoms with Gasteiger partial charge >= 0.3 is 0 Å². The summed E-state index contributed by atoms with van der Waals surface area (Å²) in [6.45, 7) is 0. The first kappa shape index (κ1) is 14.6. The minimum absolute atomic E-state index is 0.0789. The number of nitrogens with zero attached hydrogens (tertiary/aromatic N) is 1. The summed E-state index contributed by atoms with van der Waals surface area (Å²) in [7, 11) is 3.19. The van der Waals surface area contributed by atoms with E-state index >= 15 is 0 Å². The monoisotopic (exact) mass is 285 g/mol. The van der Waals surface area contributed by atoms with Crippen molar-refractivity contribution in [3.8, 4) is 11.5 Å². The second-order valence-electron chi connectivity index (χ2n) is 4.33. The molecule has 0 atom stereocenters. The van der Waals surface area contributed by atoms with E-state index in [-0.39, 0.29) is 5.69 Å². The number of hydrogen-bond donors (Lipinski definition) is 0. The van der Waals surface area contributed by atoms with Crippen molar-refractivity contribution in [2.45, 2.75) is 0 Å². The molecule has 0 unspecified atom stereocenters. The molecule has 0 aliphatic carbocycles. The minimum atomic E-state index is -0.416. The quantitative estimate of drug-likeness (QED) is 0.476. The maximum absolute atomic E-state index is 10.6. The van der Waals surface area contributed by atoms with Crippen LogP contribution in [-0.2, 0) is 0 Å². The molecule has 2 aromatic rings. The number of rotatable bonds is 5. The number of nitro groups is 1. The van der Waals surface area contributed by atoms with Gasteiger partial charge in [0.2, 0.25) is 0 Å². The lowest BCUT2D eigenvalue weighted by molar-refractivity contribution is -0.384. The molecule has 21 heavy (non-hydrogen) atoms. The lowest BCUT2D eigenvalue weighted by Gasteiger charge is -2.05. The second kappa shape index (κ2) is 6.56. The molecule has 0 N–H and O–H groups in total. The zero-order chi connectivity index (χ0) is 15.2. The molecule has 0 saturated heterocycles. The molecule has 0 aliphatic rings. The minimum Gasteiger partial charge on any atom is -0.497 e. The van der Waals surface area contributed by atoms with Crippen molar-refractivity contribution in [2.75, 3.05) is 14.2 Å². The first-order valence-corrected chi connectivity index (χ1v) is 6.28. The maximum atomic E-state index is 10.6. The van der Waals surface area contributed by atoms with Crippen LogP contribution in [0.25, 0.3) is 12.2 Å². The van der Waals surface area contributed by atoms with Crippen LogP contribution in [0.4, 0.5) is 5.69 Å². The Kier molecular flexibility index (Phi) is 4.56. The van der Waals surface area contributed by atoms with Gasteiger partial charge in [0.05, 0.1) is 19.1 Å². The van der Waals surface area contributed by atoms with Gasteiger partial charge in [0, 0.05) is 18.2 Å². The molecule has 5 heteroatoms. The van der Waals surface area contributed by atoms with Crippen molar-refractivity contribution < 1.29 is 14.4 Å². The molecule has 0 heterocycles. The van der Waals surface area contributed by atoms with Crippen LogP contribution in [0.1, 0.15) is 11.1 Å². The normalized spacial score (nSPS) is 10.6. The molecule has 2 rings (SSSR count). The molecule has 0 radical (unpaired) electrons. The summed E-state index contributed by atoms with van der Waals surface area (Å²) in [5, 5.41) is 10.6. The van der Waals surface area contributed by atoms with Crippen LogP contribution >= 0.6 is 0 Å². The average molecular weight is 285 g/mol. The van der Waals surface area contributed by atoms with Gasteiger partial charge in [0.1, 0.15) is 11.5 Å². The van der Waals surface area contributed by atoms with E-state index in [1.165, 1.54) is 12.1 Å². The topological polar surface area (TPSA) is 61.6 Å². The van der Waals surface area contributed by atoms with Crippen LogP contribution in [-0.4, -0.2) is 19.1 Å². The van der Waals surface area contributed by atoms with Gasteiger partial charge in [-0.25, -0.2) is 0 Å². The van der Waals surface area contributed by atoms with Crippen molar-refractivity contribution in [1.29, 1.82) is 0 Å². The van der Waals surface area contributed by atoms with Crippen LogP contribution in [0.3, 0.4) is 0 Å². The Hall–Kier alpha value is -2.82. The molecule has 2 aromatic carbocycles. The van der Waals surface area contributed by atoms with Crippen LogP contribution in [0.15, 0.2) is 42.5 Å². The fourth-order valence-electron chi connectivity index (χ4n) is 1.83. The van der Waals surface area contributed by atoms with Crippen molar-refractivity contribution >= 4 is 17.8 Å². The highest BCUT2D eigenvalue weighted by atomic mass is 16.6. The third kappa shape index (κ3) is 3.82. The van der Waals surface area contributed by atoms with Crippen LogP contribution in [0.2, 0.25) is 0 Å². The standard InChI is InChI=1S/C16H15NO4/c1-20-15-9-13(10-16(11-15)21-2)4-3-12-5-7-14(8-6-12)17(18)19/h3-11H,1-2H3/b4-3-. The maximum Gasteiger partial charge on any atom is 0.269 e. The number of methoxy groups -OCH3 is 2. The van der Waals surface area contributed by atoms with Crippen molar-refractivity contribution in [2.24, 2.45) is 0 Å². The summed E-state index contributed by atoms with van der Waals surface area (Å²) in [6, 6.07) is 11.9. The predicted molar refractivity (Wildman–Crippen MR) is 81.6 cm³/mol. The molecule has 108 valence electrons. The molecule has 5 nitrogen and oxygen atoms in total. The molecule has 0 amide bonds. The van der Waals surface area contributed by atoms with Crippen LogP contribution in [0, 0.1) is 10.1 Å². The van der Waals surface area contributed by atoms with E-state index < -0.39 is 4.92 Å². The van der Waals surface area contributed by atoms with E-state index in [1.807, 2.05) is 24.3 Å². The lowest BCUT2D eigenvalue weighted by Crippen LogP contribution is -1.88. The van der Waals surface area contributed by atoms with Crippen LogP contribution in [0.5, 0.6) is 11.5 Å². The van der Waals surface area contributed by atoms with Crippen LogP contribution < -0.4 is 9.47 Å². The Morgan fingerprint density at radius 2 is 1.43 bits per heavy atom. The van der Waals surface area contributed by atoms with Crippen molar-refractivity contribution in [1.82, 2.24) is 0 Å². The summed E-state index contributed by atoms with van der Waals surface area (Å²) in [4.78, 5) is 10.2. The Labute approximate surface area is 122 Å². The van der Waals surface area contributed by atoms with E-state index in [4.69, 9.17) is 9.47 Å². The number of ether oxygens (including phenoxy) is 2. The summed E-state index contributed by atoms with van der Waals surface area (Å²) in [6.07, 6.45) is 3.77. The highest BCUT2D eigenvalue weighted by Gasteiger charge is 2.03. The smallest absolute Gasteiger partial charge is 0.269 e. The number of nitro benzene ring substituents is 1. The SMILES string of the molecule is COc1cc(/C=C\c2ccc([N+](=O)[O-])cc2)cc(OC)c1. The highest BCUT2D eigenvalue weighted by Crippen LogP contribution is 2.24. The highest BCUT2D eigenvalue weighted by molar-refractivity contribution is 5.71. The summed E-state index contributed by atoms with van der Waals surface area (Å²) < 4.78 is 10.4. The van der Waals surface area contributed by atoms with Crippen molar-refractivity contribution in [3.05, 3.63) is 63.7 Å². The Balaban J connectivity index is 2.22. The molecule has 0 spiro atoms. The Morgan fingerprint density at radius 1 is 0.905 bits per heavy atom. The molecule has 0 saturated carbocycles. The molecule has 0 aliphatic heterocycles. The van der Waals surface area contributed by atoms with E-state index in [1.54, 1.807) is 32.4 Å². The van der Waals surface area contributed by atoms with E-state index in [0.29, 0.717) is 11.5 Å². The van der Waals surface area contributed by atoms with Crippen molar-refractivity contribution in [3.63, 3.8) is 0 Å². The second-order valence-corrected chi connectivity index (χ2v) is 4.33. The van der Waals surface area contributed by atoms with E-state index in [2.05, 4.69) is 0 Å². The van der Waals surface area contributed by atoms with E-state index in [9.17, 15) is 10.1 Å². The molecule has 0 bridgehead atoms. The zero-order valence-electron chi connectivity index (χ0n) is 11.8. The summed E-state index contributed by atoms with van der Waals surface area (Å²) in [5.41, 5.74) is 1.88. The third-order valence-electron chi connectivity index (χ3n) is 2.95. The number of hydrogen-bond acceptors (Lipinski definition) is 4. The van der Waals surface area contributed by atoms with Gasteiger partial charge in [-0.15, -0.1) is 0 Å². The van der Waals surface area contributed by atoms with Gasteiger partial charge in [0.25, 0.3) is 5.69 Å². The molecule has 0 aromatic heterocycles. The first-order chi connectivity index (χ1) is 10.1. The van der Waals surface area contributed by atoms with Gasteiger partial charge in [-0.1, -0.05) is 12.2 Å². The lowest BCUT2D eigenvalue weighted by atomic mass is 10.1. The van der Waals surface area contributed by atoms with Gasteiger partial charge in [-0.2, -0.15) is 0 Å². The van der Waals surface area contributed by atoms with Gasteiger partial charge in [0.15, 0.2) is 0 Å². The fraction of sp³-hybridized carbons (Fsp3) is 0.125. The summed E-state index contributed by atoms with van der Waals surface area (Å²) >= 11 is 0. The van der Waals surface area contributed by atoms with Gasteiger partial charge in [-0.3, -0.25) is 10.1 Å². The Bertz CT molecular complexity index is 640. The summed E-state index contributed by atoms with van der Waals surface area (Å²) in [5.74, 6) is 1.41. The molecular formula is C16H15NO4. The number of benzene rings is 2. The molecule has 0 fully saturated rings. The zero-order valence-corrected chi connectivity index (χ0v) is 11.8. The fourth-order valence-corrected chi connectivity index (χ4v) is 1.83. The third-order valence-corrected chi connectivity index (χ3v) is 2.95. The predicted octanol–water partition coefficient (Wildman–Crippen LogP) is 3.78. The van der Waals surface area contributed by atoms with Gasteiger partial charge < -0.3 is 9.47 Å². The van der Waals surface area contributed by atoms with Gasteiger partial charge in [-0.05, 0) is 35.4 Å². The first-order valence-electron chi connectivity index (χ1n) is 6.28. The average Bonchev–Trinajstić information content (AvgIpc) is 2.52. The largest absolute Gasteiger partial charge is 0.497 e. The number of non-ortho nitro benzene ring substituents is 1. The van der Waals surface area contributed by atoms with E-state index in [0.717, 1.165) is 11.1 Å².